The molecule has 7 heteroatoms. The van der Waals surface area contributed by atoms with Crippen LogP contribution < -0.4 is 10.1 Å². The van der Waals surface area contributed by atoms with E-state index in [0.717, 1.165) is 11.8 Å². The van der Waals surface area contributed by atoms with Crippen molar-refractivity contribution in [3.05, 3.63) is 17.2 Å². The third-order valence-electron chi connectivity index (χ3n) is 1.81. The van der Waals surface area contributed by atoms with Gasteiger partial charge in [0.15, 0.2) is 0 Å². The van der Waals surface area contributed by atoms with Crippen LogP contribution in [0.2, 0.25) is 5.02 Å². The zero-order valence-electron chi connectivity index (χ0n) is 8.79. The number of ether oxygens (including phenoxy) is 1. The molecule has 1 aromatic rings. The summed E-state index contributed by atoms with van der Waals surface area (Å²) in [4.78, 5) is 11.7. The average Bonchev–Trinajstić information content (AvgIpc) is 2.32. The maximum atomic E-state index is 11.2. The molecule has 0 aliphatic rings. The Kier molecular flexibility index (Phi) is 5.42. The molecular weight excluding hydrogens is 283 g/mol. The van der Waals surface area contributed by atoms with Gasteiger partial charge < -0.3 is 10.1 Å². The summed E-state index contributed by atoms with van der Waals surface area (Å²) >= 11 is 12.3. The molecule has 0 fully saturated rings. The number of methoxy groups -OCH3 is 1. The molecule has 1 aromatic carbocycles. The van der Waals surface area contributed by atoms with Crippen LogP contribution in [-0.4, -0.2) is 18.9 Å². The highest BCUT2D eigenvalue weighted by Gasteiger charge is 2.11. The van der Waals surface area contributed by atoms with E-state index in [4.69, 9.17) is 33.2 Å². The van der Waals surface area contributed by atoms with E-state index in [9.17, 15) is 4.79 Å². The minimum atomic E-state index is -0.360. The summed E-state index contributed by atoms with van der Waals surface area (Å²) in [5.41, 5.74) is 0.422. The number of thiocyanates is 1. The summed E-state index contributed by atoms with van der Waals surface area (Å²) in [6.45, 7) is 0. The zero-order chi connectivity index (χ0) is 12.8. The lowest BCUT2D eigenvalue weighted by atomic mass is 10.3. The lowest BCUT2D eigenvalue weighted by Gasteiger charge is -2.11. The van der Waals surface area contributed by atoms with E-state index < -0.39 is 0 Å². The molecule has 0 aliphatic carbocycles. The van der Waals surface area contributed by atoms with Gasteiger partial charge in [-0.15, -0.1) is 11.6 Å². The summed E-state index contributed by atoms with van der Waals surface area (Å²) in [6.07, 6.45) is 0. The Balaban J connectivity index is 3.10. The number of amides is 1. The molecule has 0 unspecified atom stereocenters. The van der Waals surface area contributed by atoms with Gasteiger partial charge in [-0.25, -0.2) is 0 Å². The van der Waals surface area contributed by atoms with E-state index >= 15 is 0 Å². The summed E-state index contributed by atoms with van der Waals surface area (Å²) < 4.78 is 5.09. The van der Waals surface area contributed by atoms with Crippen molar-refractivity contribution in [3.8, 4) is 11.2 Å². The highest BCUT2D eigenvalue weighted by Crippen LogP contribution is 2.36. The largest absolute Gasteiger partial charge is 0.495 e. The third-order valence-corrected chi connectivity index (χ3v) is 3.12. The Morgan fingerprint density at radius 3 is 2.88 bits per heavy atom. The molecule has 0 bridgehead atoms. The first-order valence-corrected chi connectivity index (χ1v) is 6.14. The average molecular weight is 291 g/mol. The van der Waals surface area contributed by atoms with Gasteiger partial charge in [0, 0.05) is 4.90 Å². The first-order chi connectivity index (χ1) is 8.12. The third kappa shape index (κ3) is 3.70. The number of benzene rings is 1. The van der Waals surface area contributed by atoms with E-state index in [2.05, 4.69) is 5.32 Å². The van der Waals surface area contributed by atoms with Crippen LogP contribution in [0.25, 0.3) is 0 Å². The fourth-order valence-corrected chi connectivity index (χ4v) is 1.88. The number of alkyl halides is 1. The van der Waals surface area contributed by atoms with E-state index in [-0.39, 0.29) is 11.8 Å². The molecule has 1 rings (SSSR count). The van der Waals surface area contributed by atoms with Crippen LogP contribution in [0.5, 0.6) is 5.75 Å². The van der Waals surface area contributed by atoms with Crippen molar-refractivity contribution in [3.63, 3.8) is 0 Å². The number of hydrogen-bond donors (Lipinski definition) is 1. The van der Waals surface area contributed by atoms with Crippen molar-refractivity contribution in [1.29, 1.82) is 5.26 Å². The van der Waals surface area contributed by atoms with Gasteiger partial charge in [0.05, 0.1) is 17.8 Å². The second-order valence-corrected chi connectivity index (χ2v) is 4.36. The summed E-state index contributed by atoms with van der Waals surface area (Å²) in [5.74, 6) is -0.0949. The molecule has 4 nitrogen and oxygen atoms in total. The first-order valence-electron chi connectivity index (χ1n) is 4.41. The number of thioether (sulfide) groups is 1. The van der Waals surface area contributed by atoms with Crippen LogP contribution in [0.4, 0.5) is 5.69 Å². The highest BCUT2D eigenvalue weighted by atomic mass is 35.5. The molecule has 1 N–H and O–H groups in total. The Morgan fingerprint density at radius 1 is 1.65 bits per heavy atom. The molecule has 1 amide bonds. The number of nitrogens with zero attached hydrogens (tertiary/aromatic N) is 1. The number of halogens is 2. The molecule has 0 saturated heterocycles. The maximum absolute atomic E-state index is 11.2. The van der Waals surface area contributed by atoms with Gasteiger partial charge in [-0.05, 0) is 23.9 Å². The summed E-state index contributed by atoms with van der Waals surface area (Å²) in [5, 5.41) is 13.4. The smallest absolute Gasteiger partial charge is 0.239 e. The zero-order valence-corrected chi connectivity index (χ0v) is 11.1. The van der Waals surface area contributed by atoms with Crippen molar-refractivity contribution in [1.82, 2.24) is 0 Å². The van der Waals surface area contributed by atoms with E-state index in [1.807, 2.05) is 5.40 Å². The van der Waals surface area contributed by atoms with Crippen LogP contribution in [0.1, 0.15) is 0 Å². The summed E-state index contributed by atoms with van der Waals surface area (Å²) in [6, 6.07) is 3.10. The SMILES string of the molecule is COc1cc(SC#N)c(Cl)cc1NC(=O)CCl. The van der Waals surface area contributed by atoms with Crippen LogP contribution >= 0.6 is 35.0 Å². The minimum Gasteiger partial charge on any atom is -0.495 e. The monoisotopic (exact) mass is 290 g/mol. The molecule has 0 radical (unpaired) electrons. The number of nitriles is 1. The van der Waals surface area contributed by atoms with Crippen molar-refractivity contribution >= 4 is 46.6 Å². The lowest BCUT2D eigenvalue weighted by Crippen LogP contribution is -2.13. The molecule has 0 aromatic heterocycles. The number of carbonyl (C=O) groups excluding carboxylic acids is 1. The van der Waals surface area contributed by atoms with Gasteiger partial charge in [-0.2, -0.15) is 5.26 Å². The first kappa shape index (κ1) is 14.0. The van der Waals surface area contributed by atoms with Crippen LogP contribution in [-0.2, 0) is 4.79 Å². The molecule has 0 spiro atoms. The molecular formula is C10H8Cl2N2O2S. The number of carbonyl (C=O) groups is 1. The molecule has 0 aliphatic heterocycles. The maximum Gasteiger partial charge on any atom is 0.239 e. The quantitative estimate of drug-likeness (QED) is 0.526. The number of hydrogen-bond acceptors (Lipinski definition) is 4. The van der Waals surface area contributed by atoms with Crippen molar-refractivity contribution in [2.24, 2.45) is 0 Å². The van der Waals surface area contributed by atoms with E-state index in [1.54, 1.807) is 6.07 Å². The van der Waals surface area contributed by atoms with Gasteiger partial charge in [0.2, 0.25) is 5.91 Å². The highest BCUT2D eigenvalue weighted by molar-refractivity contribution is 8.03. The lowest BCUT2D eigenvalue weighted by molar-refractivity contribution is -0.113. The molecule has 17 heavy (non-hydrogen) atoms. The second kappa shape index (κ2) is 6.60. The van der Waals surface area contributed by atoms with Gasteiger partial charge in [-0.1, -0.05) is 11.6 Å². The molecule has 90 valence electrons. The standard InChI is InChI=1S/C10H8Cl2N2O2S/c1-16-8-3-9(17-5-13)6(12)2-7(8)14-10(15)4-11/h2-3H,4H2,1H3,(H,14,15). The Morgan fingerprint density at radius 2 is 2.35 bits per heavy atom. The van der Waals surface area contributed by atoms with Gasteiger partial charge in [0.25, 0.3) is 0 Å². The molecule has 0 saturated carbocycles. The van der Waals surface area contributed by atoms with Crippen LogP contribution in [0, 0.1) is 10.7 Å². The van der Waals surface area contributed by atoms with Crippen LogP contribution in [0.15, 0.2) is 17.0 Å². The van der Waals surface area contributed by atoms with Crippen molar-refractivity contribution < 1.29 is 9.53 Å². The fraction of sp³-hybridized carbons (Fsp3) is 0.200. The van der Waals surface area contributed by atoms with Crippen molar-refractivity contribution in [2.75, 3.05) is 18.3 Å². The Bertz CT molecular complexity index is 474. The number of anilines is 1. The van der Waals surface area contributed by atoms with Crippen LogP contribution in [0.3, 0.4) is 0 Å². The van der Waals surface area contributed by atoms with E-state index in [0.29, 0.717) is 21.4 Å². The Hall–Kier alpha value is -1.09. The Labute approximate surface area is 113 Å². The fourth-order valence-electron chi connectivity index (χ4n) is 1.11. The number of nitrogens with one attached hydrogen (secondary N) is 1. The van der Waals surface area contributed by atoms with Gasteiger partial charge in [-0.3, -0.25) is 4.79 Å². The predicted molar refractivity (Wildman–Crippen MR) is 68.8 cm³/mol. The normalized spacial score (nSPS) is 9.53. The van der Waals surface area contributed by atoms with Gasteiger partial charge in [0.1, 0.15) is 17.0 Å². The second-order valence-electron chi connectivity index (χ2n) is 2.86. The molecule has 0 atom stereocenters. The number of rotatable bonds is 4. The predicted octanol–water partition coefficient (Wildman–Crippen LogP) is 3.10. The summed E-state index contributed by atoms with van der Waals surface area (Å²) in [7, 11) is 1.46. The van der Waals surface area contributed by atoms with Crippen molar-refractivity contribution in [2.45, 2.75) is 4.90 Å². The van der Waals surface area contributed by atoms with Gasteiger partial charge >= 0.3 is 0 Å². The van der Waals surface area contributed by atoms with E-state index in [1.165, 1.54) is 13.2 Å². The minimum absolute atomic E-state index is 0.157. The topological polar surface area (TPSA) is 62.1 Å². The molecule has 0 heterocycles.